The third-order valence-corrected chi connectivity index (χ3v) is 4.40. The van der Waals surface area contributed by atoms with Crippen molar-refractivity contribution in [2.45, 2.75) is 33.1 Å². The quantitative estimate of drug-likeness (QED) is 0.726. The van der Waals surface area contributed by atoms with Gasteiger partial charge in [0, 0.05) is 6.54 Å². The Morgan fingerprint density at radius 1 is 1.27 bits per heavy atom. The first-order valence-electron chi connectivity index (χ1n) is 8.27. The van der Waals surface area contributed by atoms with Crippen LogP contribution in [0.2, 0.25) is 0 Å². The Morgan fingerprint density at radius 2 is 2.05 bits per heavy atom. The number of carbonyl (C=O) groups is 1. The molecule has 0 bridgehead atoms. The van der Waals surface area contributed by atoms with Crippen molar-refractivity contribution in [1.82, 2.24) is 4.90 Å². The summed E-state index contributed by atoms with van der Waals surface area (Å²) < 4.78 is 11.2. The average Bonchev–Trinajstić information content (AvgIpc) is 2.56. The number of ether oxygens (including phenoxy) is 2. The molecule has 1 aromatic rings. The molecule has 1 atom stereocenters. The van der Waals surface area contributed by atoms with Crippen LogP contribution in [-0.4, -0.2) is 43.7 Å². The summed E-state index contributed by atoms with van der Waals surface area (Å²) in [6, 6.07) is 9.76. The Kier molecular flexibility index (Phi) is 6.25. The number of hydrogen-bond acceptors (Lipinski definition) is 4. The van der Waals surface area contributed by atoms with Crippen LogP contribution in [0.3, 0.4) is 0 Å². The number of benzene rings is 1. The monoisotopic (exact) mass is 305 g/mol. The van der Waals surface area contributed by atoms with E-state index in [2.05, 4.69) is 11.8 Å². The molecule has 0 aliphatic carbocycles. The van der Waals surface area contributed by atoms with E-state index in [0.717, 1.165) is 38.2 Å². The molecule has 0 N–H and O–H groups in total. The summed E-state index contributed by atoms with van der Waals surface area (Å²) in [4.78, 5) is 14.9. The molecule has 1 unspecified atom stereocenters. The minimum atomic E-state index is -0.418. The van der Waals surface area contributed by atoms with Gasteiger partial charge in [0.25, 0.3) is 0 Å². The topological polar surface area (TPSA) is 38.8 Å². The average molecular weight is 305 g/mol. The molecule has 1 fully saturated rings. The van der Waals surface area contributed by atoms with Gasteiger partial charge < -0.3 is 14.4 Å². The Morgan fingerprint density at radius 3 is 2.73 bits per heavy atom. The first-order valence-corrected chi connectivity index (χ1v) is 8.27. The van der Waals surface area contributed by atoms with Crippen LogP contribution in [0.4, 0.5) is 0 Å². The zero-order valence-electron chi connectivity index (χ0n) is 13.7. The van der Waals surface area contributed by atoms with Crippen LogP contribution in [0.25, 0.3) is 0 Å². The minimum Gasteiger partial charge on any atom is -0.494 e. The number of hydrogen-bond donors (Lipinski definition) is 0. The summed E-state index contributed by atoms with van der Waals surface area (Å²) in [5.41, 5.74) is -0.418. The predicted octanol–water partition coefficient (Wildman–Crippen LogP) is 3.12. The van der Waals surface area contributed by atoms with Gasteiger partial charge in [0.2, 0.25) is 0 Å². The summed E-state index contributed by atoms with van der Waals surface area (Å²) in [5.74, 6) is 0.787. The molecule has 0 aromatic heterocycles. The standard InChI is InChI=1S/C18H27NO3/c1-3-19-13-8-11-18(15-19,17(20)21-4-2)12-14-22-16-9-6-5-7-10-16/h5-7,9-10H,3-4,8,11-15H2,1-2H3. The van der Waals surface area contributed by atoms with Gasteiger partial charge in [0.1, 0.15) is 5.75 Å². The maximum atomic E-state index is 12.5. The van der Waals surface area contributed by atoms with Crippen molar-refractivity contribution in [3.05, 3.63) is 30.3 Å². The van der Waals surface area contributed by atoms with Gasteiger partial charge in [-0.25, -0.2) is 0 Å². The van der Waals surface area contributed by atoms with E-state index in [-0.39, 0.29) is 5.97 Å². The minimum absolute atomic E-state index is 0.0650. The zero-order valence-corrected chi connectivity index (χ0v) is 13.7. The van der Waals surface area contributed by atoms with E-state index in [1.54, 1.807) is 0 Å². The lowest BCUT2D eigenvalue weighted by molar-refractivity contribution is -0.160. The summed E-state index contributed by atoms with van der Waals surface area (Å²) in [6.07, 6.45) is 2.63. The fraction of sp³-hybridized carbons (Fsp3) is 0.611. The molecular formula is C18H27NO3. The fourth-order valence-corrected chi connectivity index (χ4v) is 3.14. The maximum Gasteiger partial charge on any atom is 0.313 e. The van der Waals surface area contributed by atoms with Gasteiger partial charge in [-0.3, -0.25) is 4.79 Å². The van der Waals surface area contributed by atoms with Crippen LogP contribution >= 0.6 is 0 Å². The van der Waals surface area contributed by atoms with E-state index >= 15 is 0 Å². The molecule has 1 aliphatic heterocycles. The summed E-state index contributed by atoms with van der Waals surface area (Å²) in [7, 11) is 0. The van der Waals surface area contributed by atoms with Gasteiger partial charge in [0.15, 0.2) is 0 Å². The highest BCUT2D eigenvalue weighted by Gasteiger charge is 2.43. The van der Waals surface area contributed by atoms with Crippen LogP contribution < -0.4 is 4.74 Å². The van der Waals surface area contributed by atoms with Gasteiger partial charge in [-0.1, -0.05) is 25.1 Å². The van der Waals surface area contributed by atoms with Crippen molar-refractivity contribution < 1.29 is 14.3 Å². The Bertz CT molecular complexity index is 463. The van der Waals surface area contributed by atoms with Crippen LogP contribution in [-0.2, 0) is 9.53 Å². The molecule has 4 heteroatoms. The largest absolute Gasteiger partial charge is 0.494 e. The smallest absolute Gasteiger partial charge is 0.313 e. The number of carbonyl (C=O) groups excluding carboxylic acids is 1. The molecule has 0 saturated carbocycles. The van der Waals surface area contributed by atoms with E-state index in [1.165, 1.54) is 0 Å². The van der Waals surface area contributed by atoms with E-state index in [9.17, 15) is 4.79 Å². The molecule has 2 rings (SSSR count). The van der Waals surface area contributed by atoms with Gasteiger partial charge in [-0.05, 0) is 51.4 Å². The first kappa shape index (κ1) is 16.8. The fourth-order valence-electron chi connectivity index (χ4n) is 3.14. The lowest BCUT2D eigenvalue weighted by Crippen LogP contribution is -2.49. The molecule has 1 saturated heterocycles. The first-order chi connectivity index (χ1) is 10.7. The van der Waals surface area contributed by atoms with Crippen LogP contribution in [0.5, 0.6) is 5.75 Å². The number of esters is 1. The van der Waals surface area contributed by atoms with Crippen molar-refractivity contribution in [3.63, 3.8) is 0 Å². The van der Waals surface area contributed by atoms with E-state index < -0.39 is 5.41 Å². The second-order valence-electron chi connectivity index (χ2n) is 5.88. The van der Waals surface area contributed by atoms with Gasteiger partial charge in [-0.2, -0.15) is 0 Å². The third kappa shape index (κ3) is 4.23. The molecule has 122 valence electrons. The van der Waals surface area contributed by atoms with Crippen molar-refractivity contribution in [3.8, 4) is 5.75 Å². The predicted molar refractivity (Wildman–Crippen MR) is 87.0 cm³/mol. The molecule has 0 spiro atoms. The van der Waals surface area contributed by atoms with Gasteiger partial charge >= 0.3 is 5.97 Å². The second-order valence-corrected chi connectivity index (χ2v) is 5.88. The molecule has 4 nitrogen and oxygen atoms in total. The Hall–Kier alpha value is -1.55. The van der Waals surface area contributed by atoms with Crippen LogP contribution in [0.1, 0.15) is 33.1 Å². The third-order valence-electron chi connectivity index (χ3n) is 4.40. The summed E-state index contributed by atoms with van der Waals surface area (Å²) >= 11 is 0. The van der Waals surface area contributed by atoms with Gasteiger partial charge in [0.05, 0.1) is 18.6 Å². The number of likely N-dealkylation sites (tertiary alicyclic amines) is 1. The Balaban J connectivity index is 1.99. The van der Waals surface area contributed by atoms with Crippen LogP contribution in [0, 0.1) is 5.41 Å². The normalized spacial score (nSPS) is 22.3. The van der Waals surface area contributed by atoms with Gasteiger partial charge in [-0.15, -0.1) is 0 Å². The molecule has 1 aromatic carbocycles. The summed E-state index contributed by atoms with van der Waals surface area (Å²) in [5, 5.41) is 0. The SMILES string of the molecule is CCOC(=O)C1(CCOc2ccccc2)CCCN(CC)C1. The molecular weight excluding hydrogens is 278 g/mol. The lowest BCUT2D eigenvalue weighted by atomic mass is 9.77. The lowest BCUT2D eigenvalue weighted by Gasteiger charge is -2.40. The number of piperidine rings is 1. The maximum absolute atomic E-state index is 12.5. The zero-order chi connectivity index (χ0) is 15.8. The highest BCUT2D eigenvalue weighted by Crippen LogP contribution is 2.35. The summed E-state index contributed by atoms with van der Waals surface area (Å²) in [6.45, 7) is 7.80. The van der Waals surface area contributed by atoms with Crippen molar-refractivity contribution in [2.75, 3.05) is 32.8 Å². The number of nitrogens with zero attached hydrogens (tertiary/aromatic N) is 1. The van der Waals surface area contributed by atoms with Crippen molar-refractivity contribution in [2.24, 2.45) is 5.41 Å². The Labute approximate surface area is 133 Å². The number of rotatable bonds is 7. The highest BCUT2D eigenvalue weighted by atomic mass is 16.5. The van der Waals surface area contributed by atoms with E-state index in [1.807, 2.05) is 37.3 Å². The molecule has 22 heavy (non-hydrogen) atoms. The second kappa shape index (κ2) is 8.18. The van der Waals surface area contributed by atoms with E-state index in [4.69, 9.17) is 9.47 Å². The van der Waals surface area contributed by atoms with Crippen molar-refractivity contribution in [1.29, 1.82) is 0 Å². The highest BCUT2D eigenvalue weighted by molar-refractivity contribution is 5.77. The molecule has 1 aliphatic rings. The molecule has 1 heterocycles. The van der Waals surface area contributed by atoms with Crippen molar-refractivity contribution >= 4 is 5.97 Å². The number of para-hydroxylation sites is 1. The molecule has 0 radical (unpaired) electrons. The van der Waals surface area contributed by atoms with Crippen LogP contribution in [0.15, 0.2) is 30.3 Å². The molecule has 0 amide bonds. The van der Waals surface area contributed by atoms with E-state index in [0.29, 0.717) is 19.6 Å².